The van der Waals surface area contributed by atoms with Crippen molar-refractivity contribution in [2.24, 2.45) is 0 Å². The Morgan fingerprint density at radius 2 is 2.11 bits per heavy atom. The number of fused-ring (bicyclic) bond motifs is 1. The molecule has 2 heterocycles. The Balaban J connectivity index is 2.19. The summed E-state index contributed by atoms with van der Waals surface area (Å²) in [6.07, 6.45) is 3.54. The summed E-state index contributed by atoms with van der Waals surface area (Å²) in [7, 11) is 1.60. The van der Waals surface area contributed by atoms with Gasteiger partial charge in [0.2, 0.25) is 5.88 Å². The van der Waals surface area contributed by atoms with Crippen LogP contribution in [0.4, 0.5) is 0 Å². The third kappa shape index (κ3) is 2.06. The Morgan fingerprint density at radius 3 is 2.79 bits per heavy atom. The van der Waals surface area contributed by atoms with E-state index >= 15 is 0 Å². The van der Waals surface area contributed by atoms with Crippen molar-refractivity contribution < 1.29 is 9.84 Å². The van der Waals surface area contributed by atoms with Crippen LogP contribution in [0.15, 0.2) is 47.2 Å². The van der Waals surface area contributed by atoms with Gasteiger partial charge in [0.05, 0.1) is 7.11 Å². The van der Waals surface area contributed by atoms with Crippen LogP contribution in [0.1, 0.15) is 0 Å². The van der Waals surface area contributed by atoms with Crippen LogP contribution in [0.2, 0.25) is 0 Å². The van der Waals surface area contributed by atoms with Gasteiger partial charge >= 0.3 is 0 Å². The first kappa shape index (κ1) is 12.0. The number of hydrogen-bond acceptors (Lipinski definition) is 3. The average molecular weight is 319 g/mol. The fourth-order valence-corrected chi connectivity index (χ4v) is 2.22. The van der Waals surface area contributed by atoms with E-state index in [0.717, 1.165) is 15.2 Å². The Bertz CT molecular complexity index is 735. The first-order valence-electron chi connectivity index (χ1n) is 5.69. The van der Waals surface area contributed by atoms with Gasteiger partial charge in [-0.15, -0.1) is 0 Å². The van der Waals surface area contributed by atoms with Gasteiger partial charge in [-0.05, 0) is 46.3 Å². The van der Waals surface area contributed by atoms with Gasteiger partial charge < -0.3 is 9.84 Å². The number of nitrogens with zero attached hydrogens (tertiary/aromatic N) is 2. The van der Waals surface area contributed by atoms with Gasteiger partial charge in [-0.2, -0.15) is 0 Å². The quantitative estimate of drug-likeness (QED) is 0.786. The number of halogens is 1. The zero-order valence-corrected chi connectivity index (χ0v) is 11.8. The Kier molecular flexibility index (Phi) is 2.91. The highest BCUT2D eigenvalue weighted by molar-refractivity contribution is 9.10. The molecule has 3 aromatic rings. The third-order valence-corrected chi connectivity index (χ3v) is 3.43. The lowest BCUT2D eigenvalue weighted by Crippen LogP contribution is -1.93. The lowest BCUT2D eigenvalue weighted by Gasteiger charge is -2.03. The van der Waals surface area contributed by atoms with Gasteiger partial charge in [-0.3, -0.25) is 4.57 Å². The molecule has 0 saturated carbocycles. The molecular weight excluding hydrogens is 308 g/mol. The smallest absolute Gasteiger partial charge is 0.205 e. The molecule has 5 heteroatoms. The fraction of sp³-hybridized carbons (Fsp3) is 0.0714. The lowest BCUT2D eigenvalue weighted by molar-refractivity contribution is 0.414. The van der Waals surface area contributed by atoms with Crippen LogP contribution < -0.4 is 4.74 Å². The molecule has 0 aliphatic carbocycles. The molecule has 96 valence electrons. The Hall–Kier alpha value is -2.01. The molecule has 0 aliphatic rings. The summed E-state index contributed by atoms with van der Waals surface area (Å²) in [4.78, 5) is 4.27. The lowest BCUT2D eigenvalue weighted by atomic mass is 10.2. The molecule has 0 unspecified atom stereocenters. The van der Waals surface area contributed by atoms with Crippen molar-refractivity contribution in [2.45, 2.75) is 0 Å². The first-order valence-corrected chi connectivity index (χ1v) is 6.48. The highest BCUT2D eigenvalue weighted by Gasteiger charge is 2.11. The molecule has 1 N–H and O–H groups in total. The van der Waals surface area contributed by atoms with Crippen molar-refractivity contribution in [1.29, 1.82) is 0 Å². The zero-order valence-electron chi connectivity index (χ0n) is 10.2. The largest absolute Gasteiger partial charge is 0.497 e. The number of pyridine rings is 1. The minimum atomic E-state index is 0.156. The van der Waals surface area contributed by atoms with E-state index in [1.54, 1.807) is 23.9 Å². The maximum Gasteiger partial charge on any atom is 0.205 e. The van der Waals surface area contributed by atoms with E-state index < -0.39 is 0 Å². The average Bonchev–Trinajstić information content (AvgIpc) is 2.76. The van der Waals surface area contributed by atoms with E-state index in [0.29, 0.717) is 11.6 Å². The molecule has 2 aromatic heterocycles. The van der Waals surface area contributed by atoms with E-state index in [1.807, 2.05) is 30.5 Å². The van der Waals surface area contributed by atoms with Crippen molar-refractivity contribution in [3.8, 4) is 17.4 Å². The van der Waals surface area contributed by atoms with E-state index in [2.05, 4.69) is 20.9 Å². The van der Waals surface area contributed by atoms with E-state index in [9.17, 15) is 5.11 Å². The molecule has 0 atom stereocenters. The van der Waals surface area contributed by atoms with Crippen LogP contribution in [0.25, 0.3) is 16.6 Å². The molecule has 1 aromatic carbocycles. The zero-order chi connectivity index (χ0) is 13.4. The van der Waals surface area contributed by atoms with Crippen molar-refractivity contribution >= 4 is 26.7 Å². The minimum absolute atomic E-state index is 0.156. The Labute approximate surface area is 118 Å². The minimum Gasteiger partial charge on any atom is -0.497 e. The monoisotopic (exact) mass is 318 g/mol. The standard InChI is InChI=1S/C14H11BrN2O2/c1-19-11-4-2-9-8-17(14(18)12(9)6-11)13-5-3-10(15)7-16-13/h2-8,18H,1H3. The van der Waals surface area contributed by atoms with Crippen LogP contribution in [-0.2, 0) is 0 Å². The van der Waals surface area contributed by atoms with E-state index in [4.69, 9.17) is 4.74 Å². The van der Waals surface area contributed by atoms with Gasteiger partial charge in [-0.25, -0.2) is 4.98 Å². The van der Waals surface area contributed by atoms with Crippen molar-refractivity contribution in [3.63, 3.8) is 0 Å². The molecular formula is C14H11BrN2O2. The highest BCUT2D eigenvalue weighted by Crippen LogP contribution is 2.32. The highest BCUT2D eigenvalue weighted by atomic mass is 79.9. The number of methoxy groups -OCH3 is 1. The molecule has 4 nitrogen and oxygen atoms in total. The van der Waals surface area contributed by atoms with Gasteiger partial charge in [0.1, 0.15) is 11.6 Å². The SMILES string of the molecule is COc1ccc2cn(-c3ccc(Br)cn3)c(O)c2c1. The normalized spacial score (nSPS) is 10.8. The summed E-state index contributed by atoms with van der Waals surface area (Å²) in [5, 5.41) is 12.0. The van der Waals surface area contributed by atoms with Gasteiger partial charge in [0.25, 0.3) is 0 Å². The van der Waals surface area contributed by atoms with Gasteiger partial charge in [0, 0.05) is 27.6 Å². The number of hydrogen-bond donors (Lipinski definition) is 1. The maximum absolute atomic E-state index is 10.3. The molecule has 0 fully saturated rings. The summed E-state index contributed by atoms with van der Waals surface area (Å²) < 4.78 is 7.71. The van der Waals surface area contributed by atoms with Crippen molar-refractivity contribution in [1.82, 2.24) is 9.55 Å². The van der Waals surface area contributed by atoms with Crippen molar-refractivity contribution in [3.05, 3.63) is 47.2 Å². The summed E-state index contributed by atoms with van der Waals surface area (Å²) >= 11 is 3.34. The van der Waals surface area contributed by atoms with Crippen LogP contribution in [0, 0.1) is 0 Å². The number of aromatic hydroxyl groups is 1. The topological polar surface area (TPSA) is 47.3 Å². The number of aromatic nitrogens is 2. The second kappa shape index (κ2) is 4.59. The van der Waals surface area contributed by atoms with Crippen LogP contribution >= 0.6 is 15.9 Å². The second-order valence-electron chi connectivity index (χ2n) is 4.11. The summed E-state index contributed by atoms with van der Waals surface area (Å²) in [5.41, 5.74) is 0. The number of ether oxygens (including phenoxy) is 1. The predicted molar refractivity (Wildman–Crippen MR) is 77.0 cm³/mol. The summed E-state index contributed by atoms with van der Waals surface area (Å²) in [6.45, 7) is 0. The first-order chi connectivity index (χ1) is 9.19. The molecule has 3 rings (SSSR count). The predicted octanol–water partition coefficient (Wildman–Crippen LogP) is 3.50. The molecule has 0 amide bonds. The molecule has 19 heavy (non-hydrogen) atoms. The van der Waals surface area contributed by atoms with E-state index in [-0.39, 0.29) is 5.88 Å². The fourth-order valence-electron chi connectivity index (χ4n) is 1.98. The third-order valence-electron chi connectivity index (χ3n) is 2.96. The molecule has 0 saturated heterocycles. The molecule has 0 radical (unpaired) electrons. The molecule has 0 bridgehead atoms. The van der Waals surface area contributed by atoms with Gasteiger partial charge in [-0.1, -0.05) is 0 Å². The summed E-state index contributed by atoms with van der Waals surface area (Å²) in [6, 6.07) is 9.29. The van der Waals surface area contributed by atoms with E-state index in [1.165, 1.54) is 0 Å². The van der Waals surface area contributed by atoms with Gasteiger partial charge in [0.15, 0.2) is 0 Å². The van der Waals surface area contributed by atoms with Crippen LogP contribution in [0.3, 0.4) is 0 Å². The number of rotatable bonds is 2. The van der Waals surface area contributed by atoms with Crippen LogP contribution in [0.5, 0.6) is 11.6 Å². The number of benzene rings is 1. The molecule has 0 spiro atoms. The maximum atomic E-state index is 10.3. The van der Waals surface area contributed by atoms with Crippen molar-refractivity contribution in [2.75, 3.05) is 7.11 Å². The van der Waals surface area contributed by atoms with Crippen LogP contribution in [-0.4, -0.2) is 21.8 Å². The summed E-state index contributed by atoms with van der Waals surface area (Å²) in [5.74, 6) is 1.53. The Morgan fingerprint density at radius 1 is 1.26 bits per heavy atom. The molecule has 0 aliphatic heterocycles. The second-order valence-corrected chi connectivity index (χ2v) is 5.03.